The van der Waals surface area contributed by atoms with Gasteiger partial charge in [-0.3, -0.25) is 14.5 Å². The second-order valence-electron chi connectivity index (χ2n) is 11.2. The van der Waals surface area contributed by atoms with Crippen molar-refractivity contribution in [2.45, 2.75) is 66.8 Å². The number of aliphatic hydroxyl groups excluding tert-OH is 6. The molecule has 7 atom stereocenters. The van der Waals surface area contributed by atoms with E-state index >= 15 is 0 Å². The average molecular weight is 683 g/mol. The Morgan fingerprint density at radius 3 is 2.37 bits per heavy atom. The first-order valence-electron chi connectivity index (χ1n) is 14.4. The van der Waals surface area contributed by atoms with Crippen molar-refractivity contribution in [1.82, 2.24) is 15.5 Å². The molecule has 0 radical (unpaired) electrons. The zero-order valence-electron chi connectivity index (χ0n) is 24.6. The molecule has 2 aliphatic heterocycles. The van der Waals surface area contributed by atoms with Crippen LogP contribution in [0.25, 0.3) is 0 Å². The van der Waals surface area contributed by atoms with Crippen LogP contribution in [0.5, 0.6) is 0 Å². The number of carbonyl (C=O) groups excluding carboxylic acids is 3. The third-order valence-electron chi connectivity index (χ3n) is 8.00. The van der Waals surface area contributed by atoms with Gasteiger partial charge in [0.2, 0.25) is 5.91 Å². The highest BCUT2D eigenvalue weighted by Gasteiger charge is 2.53. The number of nitrogens with one attached hydrogen (secondary N) is 2. The number of hydrogen-bond acceptors (Lipinski definition) is 14. The van der Waals surface area contributed by atoms with Gasteiger partial charge in [0.15, 0.2) is 18.9 Å². The molecule has 1 aliphatic carbocycles. The summed E-state index contributed by atoms with van der Waals surface area (Å²) >= 11 is 2.93. The molecule has 3 aliphatic rings. The fraction of sp³-hybridized carbons (Fsp3) is 0.517. The summed E-state index contributed by atoms with van der Waals surface area (Å²) in [6, 6.07) is 7.00. The quantitative estimate of drug-likeness (QED) is 0.0799. The number of carboxylic acid groups (broad SMARTS) is 1. The summed E-state index contributed by atoms with van der Waals surface area (Å²) in [5.41, 5.74) is -1.39. The van der Waals surface area contributed by atoms with Gasteiger partial charge in [0, 0.05) is 34.4 Å². The van der Waals surface area contributed by atoms with Crippen molar-refractivity contribution in [3.63, 3.8) is 0 Å². The minimum atomic E-state index is -1.94. The highest BCUT2D eigenvalue weighted by molar-refractivity contribution is 8.00. The number of nitrogens with zero attached hydrogens (tertiary/aromatic N) is 2. The molecule has 17 heteroatoms. The highest BCUT2D eigenvalue weighted by atomic mass is 32.2. The van der Waals surface area contributed by atoms with Crippen molar-refractivity contribution in [2.24, 2.45) is 0 Å². The molecular weight excluding hydrogens is 644 g/mol. The van der Waals surface area contributed by atoms with Gasteiger partial charge >= 0.3 is 0 Å². The number of fused-ring (bicyclic) bond motifs is 1. The summed E-state index contributed by atoms with van der Waals surface area (Å²) < 4.78 is 1.85. The molecule has 1 saturated carbocycles. The second kappa shape index (κ2) is 15.7. The summed E-state index contributed by atoms with van der Waals surface area (Å²) in [6.45, 7) is -1.20. The summed E-state index contributed by atoms with van der Waals surface area (Å²) in [6.07, 6.45) is -1.03. The first-order chi connectivity index (χ1) is 21.9. The SMILES string of the molecule is O=C(Cc1cccs1)N[C@@H]1C(=O)N2C(C(=O)[O-])=C(C[n+]3ccccc3)CS[C@H]12.OCC(CO)N[C@H]1C[C@](O)(CO)[C@@H](O)[C@H](O)[C@H]1O. The van der Waals surface area contributed by atoms with E-state index in [-0.39, 0.29) is 24.4 Å². The molecule has 9 N–H and O–H groups in total. The van der Waals surface area contributed by atoms with Gasteiger partial charge in [-0.2, -0.15) is 0 Å². The molecule has 2 amide bonds. The maximum atomic E-state index is 12.6. The van der Waals surface area contributed by atoms with Crippen LogP contribution in [0.4, 0.5) is 0 Å². The lowest BCUT2D eigenvalue weighted by Gasteiger charge is -2.50. The monoisotopic (exact) mass is 682 g/mol. The van der Waals surface area contributed by atoms with Gasteiger partial charge in [-0.25, -0.2) is 4.57 Å². The lowest BCUT2D eigenvalue weighted by Crippen LogP contribution is -2.71. The van der Waals surface area contributed by atoms with Crippen LogP contribution < -0.4 is 20.3 Å². The first-order valence-corrected chi connectivity index (χ1v) is 16.4. The maximum absolute atomic E-state index is 12.6. The number of aromatic nitrogens is 1. The van der Waals surface area contributed by atoms with Crippen LogP contribution in [0.2, 0.25) is 0 Å². The van der Waals surface area contributed by atoms with E-state index in [1.54, 1.807) is 0 Å². The third kappa shape index (κ3) is 7.93. The topological polar surface area (TPSA) is 247 Å². The van der Waals surface area contributed by atoms with Crippen molar-refractivity contribution < 1.29 is 59.8 Å². The lowest BCUT2D eigenvalue weighted by molar-refractivity contribution is -0.689. The molecule has 0 aromatic carbocycles. The predicted octanol–water partition coefficient (Wildman–Crippen LogP) is -4.81. The minimum absolute atomic E-state index is 0.0751. The van der Waals surface area contributed by atoms with E-state index in [1.807, 2.05) is 52.7 Å². The standard InChI is InChI=1S/C19H17N3O4S2.C10H21NO7/c23-14(9-13-5-4-8-27-13)20-15-17(24)22-16(19(25)26)12(11-28-18(15)22)10-21-6-2-1-3-7-21;12-2-5(3-13)11-6-1-10(18,4-14)9(17)8(16)7(6)15/h1-8,15,18H,9-11H2,(H-,20,23,25,26);5-9,11-18H,1-4H2/t15-,18-;6-,7-,8+,9-,10-/m10/s1. The number of amides is 2. The Bertz CT molecular complexity index is 1380. The van der Waals surface area contributed by atoms with Crippen molar-refractivity contribution >= 4 is 40.9 Å². The molecule has 0 bridgehead atoms. The number of rotatable bonds is 11. The zero-order chi connectivity index (χ0) is 33.6. The van der Waals surface area contributed by atoms with Gasteiger partial charge in [-0.1, -0.05) is 12.1 Å². The Morgan fingerprint density at radius 1 is 1.09 bits per heavy atom. The summed E-state index contributed by atoms with van der Waals surface area (Å²) in [7, 11) is 0. The van der Waals surface area contributed by atoms with Crippen molar-refractivity contribution in [3.8, 4) is 0 Å². The van der Waals surface area contributed by atoms with Crippen molar-refractivity contribution in [1.29, 1.82) is 0 Å². The fourth-order valence-corrected chi connectivity index (χ4v) is 7.53. The number of β-lactam (4-membered cyclic amide) rings is 1. The Hall–Kier alpha value is -2.97. The summed E-state index contributed by atoms with van der Waals surface area (Å²) in [5.74, 6) is -1.57. The smallest absolute Gasteiger partial charge is 0.253 e. The maximum Gasteiger partial charge on any atom is 0.253 e. The van der Waals surface area contributed by atoms with Gasteiger partial charge in [0.05, 0.1) is 50.1 Å². The van der Waals surface area contributed by atoms with Gasteiger partial charge in [0.25, 0.3) is 5.91 Å². The average Bonchev–Trinajstić information content (AvgIpc) is 3.57. The molecule has 0 unspecified atom stereocenters. The van der Waals surface area contributed by atoms with E-state index in [1.165, 1.54) is 28.0 Å². The van der Waals surface area contributed by atoms with Gasteiger partial charge in [-0.05, 0) is 17.9 Å². The Morgan fingerprint density at radius 2 is 1.78 bits per heavy atom. The van der Waals surface area contributed by atoms with Crippen LogP contribution in [-0.2, 0) is 27.3 Å². The molecule has 5 rings (SSSR count). The Labute approximate surface area is 272 Å². The molecular formula is C29H38N4O11S2. The number of hydrogen-bond donors (Lipinski definition) is 9. The molecule has 2 aromatic heterocycles. The molecule has 2 aromatic rings. The van der Waals surface area contributed by atoms with Crippen LogP contribution >= 0.6 is 23.1 Å². The first kappa shape index (κ1) is 35.9. The highest BCUT2D eigenvalue weighted by Crippen LogP contribution is 2.40. The van der Waals surface area contributed by atoms with Crippen LogP contribution in [0.3, 0.4) is 0 Å². The summed E-state index contributed by atoms with van der Waals surface area (Å²) in [5, 5.41) is 84.4. The van der Waals surface area contributed by atoms with Crippen LogP contribution in [0.15, 0.2) is 59.4 Å². The van der Waals surface area contributed by atoms with Crippen LogP contribution in [0.1, 0.15) is 11.3 Å². The number of carboxylic acids is 1. The molecule has 1 saturated heterocycles. The number of carbonyl (C=O) groups is 3. The van der Waals surface area contributed by atoms with E-state index in [9.17, 15) is 39.9 Å². The van der Waals surface area contributed by atoms with Crippen LogP contribution in [0, 0.1) is 0 Å². The number of thioether (sulfide) groups is 1. The number of aliphatic carboxylic acids is 1. The Kier molecular flexibility index (Phi) is 12.3. The zero-order valence-corrected chi connectivity index (χ0v) is 26.2. The lowest BCUT2D eigenvalue weighted by atomic mass is 9.76. The number of pyridine rings is 1. The Balaban J connectivity index is 0.000000232. The van der Waals surface area contributed by atoms with Gasteiger partial charge < -0.3 is 56.3 Å². The van der Waals surface area contributed by atoms with E-state index in [0.717, 1.165) is 4.88 Å². The third-order valence-corrected chi connectivity index (χ3v) is 10.2. The van der Waals surface area contributed by atoms with E-state index in [4.69, 9.17) is 15.3 Å². The second-order valence-corrected chi connectivity index (χ2v) is 13.4. The minimum Gasteiger partial charge on any atom is -0.543 e. The molecule has 15 nitrogen and oxygen atoms in total. The van der Waals surface area contributed by atoms with E-state index < -0.39 is 79.1 Å². The van der Waals surface area contributed by atoms with Crippen molar-refractivity contribution in [3.05, 3.63) is 64.3 Å². The molecule has 46 heavy (non-hydrogen) atoms. The largest absolute Gasteiger partial charge is 0.543 e. The molecule has 0 spiro atoms. The molecule has 252 valence electrons. The van der Waals surface area contributed by atoms with E-state index in [2.05, 4.69) is 10.6 Å². The van der Waals surface area contributed by atoms with Crippen molar-refractivity contribution in [2.75, 3.05) is 25.6 Å². The van der Waals surface area contributed by atoms with Crippen LogP contribution in [-0.4, -0.2) is 131 Å². The summed E-state index contributed by atoms with van der Waals surface area (Å²) in [4.78, 5) is 38.8. The number of aliphatic hydroxyl groups is 7. The van der Waals surface area contributed by atoms with E-state index in [0.29, 0.717) is 17.9 Å². The fourth-order valence-electron chi connectivity index (χ4n) is 5.50. The molecule has 4 heterocycles. The predicted molar refractivity (Wildman–Crippen MR) is 161 cm³/mol. The normalized spacial score (nSPS) is 29.0. The van der Waals surface area contributed by atoms with Gasteiger partial charge in [0.1, 0.15) is 29.2 Å². The number of thiophene rings is 1. The molecule has 2 fully saturated rings. The van der Waals surface area contributed by atoms with Gasteiger partial charge in [-0.15, -0.1) is 23.1 Å².